The molecule has 0 unspecified atom stereocenters. The Labute approximate surface area is 114 Å². The summed E-state index contributed by atoms with van der Waals surface area (Å²) in [5.74, 6) is 0.681. The molecule has 2 aromatic heterocycles. The zero-order valence-corrected chi connectivity index (χ0v) is 12.1. The summed E-state index contributed by atoms with van der Waals surface area (Å²) in [5.41, 5.74) is 2.15. The Morgan fingerprint density at radius 3 is 2.61 bits per heavy atom. The molecular weight excluding hydrogens is 294 g/mol. The second kappa shape index (κ2) is 5.02. The molecule has 18 heavy (non-hydrogen) atoms. The zero-order chi connectivity index (χ0) is 13.3. The number of aromatic amines is 1. The van der Waals surface area contributed by atoms with E-state index in [4.69, 9.17) is 0 Å². The van der Waals surface area contributed by atoms with Gasteiger partial charge in [0.25, 0.3) is 5.56 Å². The van der Waals surface area contributed by atoms with Gasteiger partial charge in [0.15, 0.2) is 5.82 Å². The number of halogens is 1. The lowest BCUT2D eigenvalue weighted by Gasteiger charge is -2.09. The molecule has 1 N–H and O–H groups in total. The van der Waals surface area contributed by atoms with Crippen molar-refractivity contribution in [3.63, 3.8) is 0 Å². The Balaban J connectivity index is 2.63. The van der Waals surface area contributed by atoms with Crippen LogP contribution >= 0.6 is 15.9 Å². The highest BCUT2D eigenvalue weighted by Gasteiger charge is 2.13. The van der Waals surface area contributed by atoms with Crippen LogP contribution in [0.2, 0.25) is 0 Å². The minimum Gasteiger partial charge on any atom is -0.304 e. The molecule has 0 saturated heterocycles. The molecule has 2 aromatic rings. The van der Waals surface area contributed by atoms with E-state index in [1.807, 2.05) is 39.0 Å². The lowest BCUT2D eigenvalue weighted by molar-refractivity contribution is 0.802. The molecule has 2 heterocycles. The summed E-state index contributed by atoms with van der Waals surface area (Å²) in [4.78, 5) is 23.4. The van der Waals surface area contributed by atoms with Crippen LogP contribution in [-0.2, 0) is 0 Å². The Morgan fingerprint density at radius 1 is 1.28 bits per heavy atom. The summed E-state index contributed by atoms with van der Waals surface area (Å²) in [6.07, 6.45) is 0. The molecular formula is C13H14BrN3O. The van der Waals surface area contributed by atoms with Gasteiger partial charge in [-0.05, 0) is 40.9 Å². The van der Waals surface area contributed by atoms with Crippen LogP contribution in [0.4, 0.5) is 0 Å². The number of aromatic nitrogens is 3. The maximum Gasteiger partial charge on any atom is 0.265 e. The number of aryl methyl sites for hydroxylation is 1. The lowest BCUT2D eigenvalue weighted by Crippen LogP contribution is -2.14. The van der Waals surface area contributed by atoms with Crippen molar-refractivity contribution in [2.45, 2.75) is 26.7 Å². The average Bonchev–Trinajstić information content (AvgIpc) is 2.32. The van der Waals surface area contributed by atoms with Crippen LogP contribution in [0.1, 0.15) is 31.2 Å². The number of hydrogen-bond donors (Lipinski definition) is 1. The van der Waals surface area contributed by atoms with Gasteiger partial charge < -0.3 is 4.98 Å². The van der Waals surface area contributed by atoms with Gasteiger partial charge in [-0.25, -0.2) is 9.97 Å². The quantitative estimate of drug-likeness (QED) is 0.927. The lowest BCUT2D eigenvalue weighted by atomic mass is 10.1. The largest absolute Gasteiger partial charge is 0.304 e. The summed E-state index contributed by atoms with van der Waals surface area (Å²) < 4.78 is 0.494. The van der Waals surface area contributed by atoms with Crippen LogP contribution in [0.5, 0.6) is 0 Å². The van der Waals surface area contributed by atoms with Crippen molar-refractivity contribution < 1.29 is 0 Å². The Morgan fingerprint density at radius 2 is 2.00 bits per heavy atom. The van der Waals surface area contributed by atoms with E-state index in [2.05, 4.69) is 30.9 Å². The van der Waals surface area contributed by atoms with E-state index in [-0.39, 0.29) is 11.5 Å². The van der Waals surface area contributed by atoms with E-state index < -0.39 is 0 Å². The molecule has 0 aromatic carbocycles. The topological polar surface area (TPSA) is 58.6 Å². The number of hydrogen-bond acceptors (Lipinski definition) is 3. The van der Waals surface area contributed by atoms with Crippen molar-refractivity contribution in [1.82, 2.24) is 15.0 Å². The van der Waals surface area contributed by atoms with Gasteiger partial charge in [-0.3, -0.25) is 4.79 Å². The Kier molecular flexibility index (Phi) is 3.61. The smallest absolute Gasteiger partial charge is 0.265 e. The number of rotatable bonds is 2. The maximum absolute atomic E-state index is 11.9. The van der Waals surface area contributed by atoms with Gasteiger partial charge in [0.2, 0.25) is 0 Å². The average molecular weight is 308 g/mol. The molecule has 0 radical (unpaired) electrons. The first-order valence-electron chi connectivity index (χ1n) is 5.72. The highest BCUT2D eigenvalue weighted by atomic mass is 79.9. The number of H-pyrrole nitrogens is 1. The van der Waals surface area contributed by atoms with E-state index in [1.54, 1.807) is 0 Å². The molecule has 0 aliphatic carbocycles. The van der Waals surface area contributed by atoms with Gasteiger partial charge in [0, 0.05) is 5.69 Å². The minimum atomic E-state index is -0.174. The molecule has 0 aliphatic heterocycles. The molecule has 0 atom stereocenters. The summed E-state index contributed by atoms with van der Waals surface area (Å²) >= 11 is 3.28. The highest BCUT2D eigenvalue weighted by molar-refractivity contribution is 9.10. The highest BCUT2D eigenvalue weighted by Crippen LogP contribution is 2.21. The summed E-state index contributed by atoms with van der Waals surface area (Å²) in [6, 6.07) is 5.64. The van der Waals surface area contributed by atoms with Crippen molar-refractivity contribution in [2.24, 2.45) is 0 Å². The summed E-state index contributed by atoms with van der Waals surface area (Å²) in [7, 11) is 0. The Bertz CT molecular complexity index is 634. The molecule has 0 spiro atoms. The molecule has 94 valence electrons. The molecule has 0 bridgehead atoms. The van der Waals surface area contributed by atoms with E-state index in [0.717, 1.165) is 11.4 Å². The predicted molar refractivity (Wildman–Crippen MR) is 74.6 cm³/mol. The van der Waals surface area contributed by atoms with Gasteiger partial charge >= 0.3 is 0 Å². The van der Waals surface area contributed by atoms with Gasteiger partial charge in [-0.1, -0.05) is 19.9 Å². The normalized spacial score (nSPS) is 10.9. The molecule has 0 saturated carbocycles. The third-order valence-corrected chi connectivity index (χ3v) is 3.33. The fraction of sp³-hybridized carbons (Fsp3) is 0.308. The maximum atomic E-state index is 11.9. The first-order chi connectivity index (χ1) is 8.49. The number of pyridine rings is 1. The van der Waals surface area contributed by atoms with Crippen LogP contribution in [0, 0.1) is 6.92 Å². The van der Waals surface area contributed by atoms with E-state index in [9.17, 15) is 4.79 Å². The van der Waals surface area contributed by atoms with E-state index in [0.29, 0.717) is 16.0 Å². The van der Waals surface area contributed by atoms with Crippen LogP contribution < -0.4 is 5.56 Å². The van der Waals surface area contributed by atoms with Gasteiger partial charge in [0.05, 0.1) is 5.69 Å². The fourth-order valence-corrected chi connectivity index (χ4v) is 2.30. The second-order valence-corrected chi connectivity index (χ2v) is 5.23. The fourth-order valence-electron chi connectivity index (χ4n) is 1.66. The summed E-state index contributed by atoms with van der Waals surface area (Å²) in [5, 5.41) is 0. The first kappa shape index (κ1) is 13.0. The van der Waals surface area contributed by atoms with E-state index >= 15 is 0 Å². The van der Waals surface area contributed by atoms with Crippen LogP contribution in [-0.4, -0.2) is 15.0 Å². The van der Waals surface area contributed by atoms with Crippen molar-refractivity contribution in [1.29, 1.82) is 0 Å². The predicted octanol–water partition coefficient (Wildman–Crippen LogP) is 3.03. The standard InChI is InChI=1S/C13H14BrN3O/c1-7(2)11-10(14)13(18)17-12(16-11)9-6-4-5-8(3)15-9/h4-7H,1-3H3,(H,16,17,18). The molecule has 0 fully saturated rings. The van der Waals surface area contributed by atoms with Gasteiger partial charge in [-0.15, -0.1) is 0 Å². The first-order valence-corrected chi connectivity index (χ1v) is 6.52. The molecule has 0 aliphatic rings. The van der Waals surface area contributed by atoms with Crippen molar-refractivity contribution in [3.8, 4) is 11.5 Å². The summed E-state index contributed by atoms with van der Waals surface area (Å²) in [6.45, 7) is 5.91. The third-order valence-electron chi connectivity index (χ3n) is 2.57. The third kappa shape index (κ3) is 2.51. The van der Waals surface area contributed by atoms with Crippen molar-refractivity contribution >= 4 is 15.9 Å². The number of nitrogens with zero attached hydrogens (tertiary/aromatic N) is 2. The van der Waals surface area contributed by atoms with Crippen molar-refractivity contribution in [3.05, 3.63) is 44.4 Å². The Hall–Kier alpha value is -1.49. The van der Waals surface area contributed by atoms with Gasteiger partial charge in [-0.2, -0.15) is 0 Å². The van der Waals surface area contributed by atoms with Gasteiger partial charge in [0.1, 0.15) is 10.2 Å². The second-order valence-electron chi connectivity index (χ2n) is 4.43. The van der Waals surface area contributed by atoms with E-state index in [1.165, 1.54) is 0 Å². The zero-order valence-electron chi connectivity index (χ0n) is 10.5. The molecule has 2 rings (SSSR count). The van der Waals surface area contributed by atoms with Crippen LogP contribution in [0.15, 0.2) is 27.5 Å². The van der Waals surface area contributed by atoms with Crippen molar-refractivity contribution in [2.75, 3.05) is 0 Å². The SMILES string of the molecule is Cc1cccc(-c2nc(C(C)C)c(Br)c(=O)[nH]2)n1. The molecule has 0 amide bonds. The monoisotopic (exact) mass is 307 g/mol. The van der Waals surface area contributed by atoms with Crippen LogP contribution in [0.3, 0.4) is 0 Å². The molecule has 4 nitrogen and oxygen atoms in total. The molecule has 5 heteroatoms. The number of nitrogens with one attached hydrogen (secondary N) is 1. The van der Waals surface area contributed by atoms with Crippen LogP contribution in [0.25, 0.3) is 11.5 Å². The minimum absolute atomic E-state index is 0.172.